The lowest BCUT2D eigenvalue weighted by Gasteiger charge is -2.03. The van der Waals surface area contributed by atoms with E-state index in [2.05, 4.69) is 4.85 Å². The first-order valence-corrected chi connectivity index (χ1v) is 4.20. The van der Waals surface area contributed by atoms with Gasteiger partial charge in [0.15, 0.2) is 0 Å². The minimum atomic E-state index is 0.305. The topological polar surface area (TPSA) is 4.36 Å². The minimum absolute atomic E-state index is 0.305. The summed E-state index contributed by atoms with van der Waals surface area (Å²) in [5.41, 5.74) is 1.18. The van der Waals surface area contributed by atoms with Crippen LogP contribution in [0.15, 0.2) is 24.3 Å². The first-order valence-electron chi connectivity index (χ1n) is 3.82. The van der Waals surface area contributed by atoms with Crippen molar-refractivity contribution in [3.05, 3.63) is 46.3 Å². The molecule has 1 aromatic carbocycles. The lowest BCUT2D eigenvalue weighted by atomic mass is 10.0. The number of nitrogens with zero attached hydrogens (tertiary/aromatic N) is 1. The summed E-state index contributed by atoms with van der Waals surface area (Å²) >= 11 is 5.73. The van der Waals surface area contributed by atoms with Gasteiger partial charge in [0.05, 0.1) is 5.92 Å². The van der Waals surface area contributed by atoms with Gasteiger partial charge in [-0.2, -0.15) is 0 Å². The van der Waals surface area contributed by atoms with Crippen LogP contribution in [0.3, 0.4) is 0 Å². The van der Waals surface area contributed by atoms with Crippen LogP contribution >= 0.6 is 11.6 Å². The molecule has 0 aromatic heterocycles. The molecule has 0 fully saturated rings. The monoisotopic (exact) mass is 179 g/mol. The van der Waals surface area contributed by atoms with Crippen LogP contribution in [-0.2, 0) is 0 Å². The molecule has 0 saturated carbocycles. The van der Waals surface area contributed by atoms with Gasteiger partial charge in [0, 0.05) is 5.02 Å². The van der Waals surface area contributed by atoms with Gasteiger partial charge in [0.25, 0.3) is 0 Å². The van der Waals surface area contributed by atoms with Crippen molar-refractivity contribution in [2.45, 2.75) is 12.8 Å². The molecule has 62 valence electrons. The van der Waals surface area contributed by atoms with Crippen LogP contribution in [0.5, 0.6) is 0 Å². The zero-order valence-corrected chi connectivity index (χ0v) is 7.67. The second-order valence-corrected chi connectivity index (χ2v) is 3.23. The van der Waals surface area contributed by atoms with Crippen LogP contribution in [0.2, 0.25) is 5.02 Å². The third kappa shape index (κ3) is 2.25. The molecule has 0 radical (unpaired) electrons. The highest BCUT2D eigenvalue weighted by atomic mass is 35.5. The molecule has 1 rings (SSSR count). The molecule has 12 heavy (non-hydrogen) atoms. The fourth-order valence-electron chi connectivity index (χ4n) is 1.03. The molecule has 0 aliphatic rings. The van der Waals surface area contributed by atoms with E-state index in [0.29, 0.717) is 12.5 Å². The van der Waals surface area contributed by atoms with E-state index in [1.807, 2.05) is 31.2 Å². The average Bonchev–Trinajstić information content (AvgIpc) is 2.06. The lowest BCUT2D eigenvalue weighted by Crippen LogP contribution is -1.95. The van der Waals surface area contributed by atoms with E-state index in [-0.39, 0.29) is 0 Å². The van der Waals surface area contributed by atoms with Gasteiger partial charge < -0.3 is 4.85 Å². The van der Waals surface area contributed by atoms with Crippen molar-refractivity contribution in [2.75, 3.05) is 6.54 Å². The van der Waals surface area contributed by atoms with E-state index in [9.17, 15) is 0 Å². The van der Waals surface area contributed by atoms with Gasteiger partial charge in [-0.15, -0.1) is 0 Å². The molecule has 0 heterocycles. The summed E-state index contributed by atoms with van der Waals surface area (Å²) in [5, 5.41) is 0.744. The Hall–Kier alpha value is -1.00. The summed E-state index contributed by atoms with van der Waals surface area (Å²) in [7, 11) is 0. The molecule has 0 saturated heterocycles. The van der Waals surface area contributed by atoms with Crippen molar-refractivity contribution >= 4 is 11.6 Å². The number of halogens is 1. The first kappa shape index (κ1) is 9.09. The van der Waals surface area contributed by atoms with Gasteiger partial charge in [0.2, 0.25) is 6.54 Å². The third-order valence-corrected chi connectivity index (χ3v) is 2.06. The molecule has 1 nitrogen and oxygen atoms in total. The van der Waals surface area contributed by atoms with Crippen LogP contribution in [0.4, 0.5) is 0 Å². The van der Waals surface area contributed by atoms with E-state index in [1.165, 1.54) is 5.56 Å². The predicted molar refractivity (Wildman–Crippen MR) is 51.3 cm³/mol. The fourth-order valence-corrected chi connectivity index (χ4v) is 1.16. The number of rotatable bonds is 2. The highest BCUT2D eigenvalue weighted by Crippen LogP contribution is 2.17. The normalized spacial score (nSPS) is 12.1. The Morgan fingerprint density at radius 3 is 2.50 bits per heavy atom. The summed E-state index contributed by atoms with van der Waals surface area (Å²) < 4.78 is 0. The highest BCUT2D eigenvalue weighted by Gasteiger charge is 2.06. The molecule has 0 bridgehead atoms. The Balaban J connectivity index is 2.76. The van der Waals surface area contributed by atoms with Crippen molar-refractivity contribution in [3.8, 4) is 0 Å². The molecule has 0 aliphatic carbocycles. The molecule has 0 amide bonds. The molecule has 0 N–H and O–H groups in total. The quantitative estimate of drug-likeness (QED) is 0.614. The molecule has 1 unspecified atom stereocenters. The Kier molecular flexibility index (Phi) is 3.13. The Morgan fingerprint density at radius 2 is 2.00 bits per heavy atom. The second kappa shape index (κ2) is 4.13. The fraction of sp³-hybridized carbons (Fsp3) is 0.300. The SMILES string of the molecule is [C-]#[N+]CC(C)c1ccc(Cl)cc1. The smallest absolute Gasteiger partial charge is 0.221 e. The van der Waals surface area contributed by atoms with Crippen molar-refractivity contribution in [1.82, 2.24) is 0 Å². The van der Waals surface area contributed by atoms with Crippen molar-refractivity contribution in [3.63, 3.8) is 0 Å². The highest BCUT2D eigenvalue weighted by molar-refractivity contribution is 6.30. The summed E-state index contributed by atoms with van der Waals surface area (Å²) in [6, 6.07) is 7.66. The molecule has 0 aliphatic heterocycles. The predicted octanol–water partition coefficient (Wildman–Crippen LogP) is 3.36. The Labute approximate surface area is 77.8 Å². The first-order chi connectivity index (χ1) is 5.74. The van der Waals surface area contributed by atoms with E-state index in [1.54, 1.807) is 0 Å². The van der Waals surface area contributed by atoms with Crippen LogP contribution < -0.4 is 0 Å². The average molecular weight is 180 g/mol. The van der Waals surface area contributed by atoms with Crippen LogP contribution in [-0.4, -0.2) is 6.54 Å². The maximum Gasteiger partial charge on any atom is 0.221 e. The van der Waals surface area contributed by atoms with Gasteiger partial charge in [-0.05, 0) is 17.7 Å². The summed E-state index contributed by atoms with van der Waals surface area (Å²) in [5.74, 6) is 0.305. The van der Waals surface area contributed by atoms with E-state index in [4.69, 9.17) is 18.2 Å². The van der Waals surface area contributed by atoms with Crippen LogP contribution in [0.1, 0.15) is 18.4 Å². The molecule has 2 heteroatoms. The maximum atomic E-state index is 6.72. The third-order valence-electron chi connectivity index (χ3n) is 1.80. The van der Waals surface area contributed by atoms with Gasteiger partial charge in [0.1, 0.15) is 0 Å². The Morgan fingerprint density at radius 1 is 1.42 bits per heavy atom. The van der Waals surface area contributed by atoms with Gasteiger partial charge in [-0.1, -0.05) is 30.7 Å². The van der Waals surface area contributed by atoms with Crippen molar-refractivity contribution in [1.29, 1.82) is 0 Å². The summed E-state index contributed by atoms with van der Waals surface area (Å²) in [6.07, 6.45) is 0. The van der Waals surface area contributed by atoms with Crippen LogP contribution in [0.25, 0.3) is 4.85 Å². The van der Waals surface area contributed by atoms with Crippen molar-refractivity contribution < 1.29 is 0 Å². The van der Waals surface area contributed by atoms with Gasteiger partial charge in [-0.3, -0.25) is 0 Å². The minimum Gasteiger partial charge on any atom is -0.316 e. The molecule has 0 spiro atoms. The van der Waals surface area contributed by atoms with Crippen molar-refractivity contribution in [2.24, 2.45) is 0 Å². The standard InChI is InChI=1S/C10H10ClN/c1-8(7-12-2)9-3-5-10(11)6-4-9/h3-6,8H,7H2,1H3. The summed E-state index contributed by atoms with van der Waals surface area (Å²) in [4.78, 5) is 3.35. The molecular weight excluding hydrogens is 170 g/mol. The largest absolute Gasteiger partial charge is 0.316 e. The number of hydrogen-bond donors (Lipinski definition) is 0. The number of benzene rings is 1. The number of hydrogen-bond acceptors (Lipinski definition) is 0. The molecule has 1 aromatic rings. The second-order valence-electron chi connectivity index (χ2n) is 2.79. The zero-order chi connectivity index (χ0) is 8.97. The van der Waals surface area contributed by atoms with Crippen LogP contribution in [0, 0.1) is 6.57 Å². The van der Waals surface area contributed by atoms with Gasteiger partial charge in [-0.25, -0.2) is 6.57 Å². The molecule has 1 atom stereocenters. The molecular formula is C10H10ClN. The maximum absolute atomic E-state index is 6.72. The van der Waals surface area contributed by atoms with Gasteiger partial charge >= 0.3 is 0 Å². The Bertz CT molecular complexity index is 284. The zero-order valence-electron chi connectivity index (χ0n) is 6.92. The van der Waals surface area contributed by atoms with E-state index < -0.39 is 0 Å². The van der Waals surface area contributed by atoms with E-state index in [0.717, 1.165) is 5.02 Å². The lowest BCUT2D eigenvalue weighted by molar-refractivity contribution is 0.834. The van der Waals surface area contributed by atoms with E-state index >= 15 is 0 Å². The summed E-state index contributed by atoms with van der Waals surface area (Å²) in [6.45, 7) is 9.31.